The van der Waals surface area contributed by atoms with Crippen molar-refractivity contribution in [1.29, 1.82) is 0 Å². The van der Waals surface area contributed by atoms with Crippen molar-refractivity contribution in [2.45, 2.75) is 25.6 Å². The zero-order valence-electron chi connectivity index (χ0n) is 13.9. The number of hydrogen-bond acceptors (Lipinski definition) is 6. The van der Waals surface area contributed by atoms with Crippen LogP contribution in [0.2, 0.25) is 0 Å². The molecular formula is C18H18ClN3O3S. The monoisotopic (exact) mass is 391 g/mol. The van der Waals surface area contributed by atoms with Gasteiger partial charge in [-0.05, 0) is 30.7 Å². The molecule has 0 aliphatic carbocycles. The fraction of sp³-hybridized carbons (Fsp3) is 0.333. The highest BCUT2D eigenvalue weighted by atomic mass is 35.5. The third-order valence-corrected chi connectivity index (χ3v) is 5.81. The van der Waals surface area contributed by atoms with E-state index in [0.29, 0.717) is 13.2 Å². The zero-order chi connectivity index (χ0) is 16.8. The Morgan fingerprint density at radius 2 is 2.15 bits per heavy atom. The number of para-hydroxylation sites is 2. The van der Waals surface area contributed by atoms with Gasteiger partial charge in [0, 0.05) is 11.4 Å². The molecule has 0 radical (unpaired) electrons. The van der Waals surface area contributed by atoms with E-state index in [9.17, 15) is 4.79 Å². The van der Waals surface area contributed by atoms with E-state index >= 15 is 0 Å². The Hall–Kier alpha value is -2.09. The van der Waals surface area contributed by atoms with E-state index in [1.165, 1.54) is 4.88 Å². The number of benzene rings is 1. The molecule has 2 aromatic heterocycles. The zero-order valence-corrected chi connectivity index (χ0v) is 15.6. The van der Waals surface area contributed by atoms with Crippen molar-refractivity contribution in [2.24, 2.45) is 0 Å². The molecule has 0 spiro atoms. The standard InChI is InChI=1S/C18H17N3O3S.ClH/c22-18-16-12-5-6-19-7-15(12)25-17(16)20-10-21(18)8-11-9-23-13-3-1-2-4-14(13)24-11;/h1-4,10-11,19H,5-9H2;1H. The average molecular weight is 392 g/mol. The van der Waals surface area contributed by atoms with E-state index in [4.69, 9.17) is 9.47 Å². The fourth-order valence-corrected chi connectivity index (χ4v) is 4.60. The molecule has 2 aliphatic rings. The first-order valence-electron chi connectivity index (χ1n) is 8.38. The van der Waals surface area contributed by atoms with Gasteiger partial charge < -0.3 is 14.8 Å². The summed E-state index contributed by atoms with van der Waals surface area (Å²) in [6.45, 7) is 2.59. The highest BCUT2D eigenvalue weighted by molar-refractivity contribution is 7.18. The predicted octanol–water partition coefficient (Wildman–Crippen LogP) is 2.37. The average Bonchev–Trinajstić information content (AvgIpc) is 3.03. The lowest BCUT2D eigenvalue weighted by Gasteiger charge is -2.26. The topological polar surface area (TPSA) is 65.4 Å². The molecule has 4 heterocycles. The number of ether oxygens (including phenoxy) is 2. The van der Waals surface area contributed by atoms with Crippen LogP contribution in [0.25, 0.3) is 10.2 Å². The highest BCUT2D eigenvalue weighted by Gasteiger charge is 2.24. The summed E-state index contributed by atoms with van der Waals surface area (Å²) in [4.78, 5) is 19.6. The smallest absolute Gasteiger partial charge is 0.262 e. The molecule has 0 saturated carbocycles. The summed E-state index contributed by atoms with van der Waals surface area (Å²) in [5.41, 5.74) is 1.18. The lowest BCUT2D eigenvalue weighted by atomic mass is 10.1. The first-order valence-corrected chi connectivity index (χ1v) is 9.20. The van der Waals surface area contributed by atoms with Gasteiger partial charge in [-0.15, -0.1) is 23.7 Å². The van der Waals surface area contributed by atoms with Gasteiger partial charge in [0.15, 0.2) is 17.6 Å². The minimum atomic E-state index is -0.206. The van der Waals surface area contributed by atoms with Crippen molar-refractivity contribution >= 4 is 34.0 Å². The molecule has 1 N–H and O–H groups in total. The van der Waals surface area contributed by atoms with E-state index in [2.05, 4.69) is 10.3 Å². The molecule has 1 atom stereocenters. The van der Waals surface area contributed by atoms with Crippen LogP contribution in [0.4, 0.5) is 0 Å². The van der Waals surface area contributed by atoms with Crippen molar-refractivity contribution in [3.05, 3.63) is 51.4 Å². The number of nitrogens with zero attached hydrogens (tertiary/aromatic N) is 2. The van der Waals surface area contributed by atoms with Crippen LogP contribution < -0.4 is 20.3 Å². The molecule has 1 aromatic carbocycles. The Morgan fingerprint density at radius 1 is 1.31 bits per heavy atom. The number of hydrogen-bond donors (Lipinski definition) is 1. The molecular weight excluding hydrogens is 374 g/mol. The van der Waals surface area contributed by atoms with Gasteiger partial charge in [-0.25, -0.2) is 4.98 Å². The summed E-state index contributed by atoms with van der Waals surface area (Å²) in [7, 11) is 0. The summed E-state index contributed by atoms with van der Waals surface area (Å²) in [5.74, 6) is 1.47. The number of fused-ring (bicyclic) bond motifs is 4. The Kier molecular flexibility index (Phi) is 4.60. The lowest BCUT2D eigenvalue weighted by Crippen LogP contribution is -2.36. The normalized spacial score (nSPS) is 18.2. The Labute approximate surface area is 160 Å². The fourth-order valence-electron chi connectivity index (χ4n) is 3.45. The first kappa shape index (κ1) is 17.3. The van der Waals surface area contributed by atoms with E-state index in [1.54, 1.807) is 22.2 Å². The number of rotatable bonds is 2. The van der Waals surface area contributed by atoms with Crippen molar-refractivity contribution in [2.75, 3.05) is 13.2 Å². The molecule has 0 saturated heterocycles. The molecule has 0 fully saturated rings. The number of aromatic nitrogens is 2. The van der Waals surface area contributed by atoms with Crippen LogP contribution in [0.5, 0.6) is 11.5 Å². The predicted molar refractivity (Wildman–Crippen MR) is 103 cm³/mol. The molecule has 8 heteroatoms. The van der Waals surface area contributed by atoms with E-state index in [0.717, 1.165) is 46.8 Å². The lowest BCUT2D eigenvalue weighted by molar-refractivity contribution is 0.0777. The Morgan fingerprint density at radius 3 is 3.04 bits per heavy atom. The van der Waals surface area contributed by atoms with Gasteiger partial charge in [0.1, 0.15) is 11.4 Å². The summed E-state index contributed by atoms with van der Waals surface area (Å²) in [5, 5.41) is 4.13. The molecule has 2 aliphatic heterocycles. The molecule has 26 heavy (non-hydrogen) atoms. The minimum Gasteiger partial charge on any atom is -0.486 e. The van der Waals surface area contributed by atoms with Gasteiger partial charge in [-0.1, -0.05) is 12.1 Å². The second-order valence-electron chi connectivity index (χ2n) is 6.31. The molecule has 0 bridgehead atoms. The van der Waals surface area contributed by atoms with Gasteiger partial charge in [0.25, 0.3) is 5.56 Å². The highest BCUT2D eigenvalue weighted by Crippen LogP contribution is 2.32. The molecule has 5 rings (SSSR count). The van der Waals surface area contributed by atoms with Crippen LogP contribution in [-0.4, -0.2) is 28.8 Å². The third-order valence-electron chi connectivity index (χ3n) is 4.67. The molecule has 0 amide bonds. The van der Waals surface area contributed by atoms with Crippen molar-refractivity contribution in [1.82, 2.24) is 14.9 Å². The van der Waals surface area contributed by atoms with E-state index in [1.807, 2.05) is 24.3 Å². The van der Waals surface area contributed by atoms with Gasteiger partial charge in [-0.2, -0.15) is 0 Å². The maximum atomic E-state index is 13.0. The number of halogens is 1. The van der Waals surface area contributed by atoms with Crippen LogP contribution in [0.3, 0.4) is 0 Å². The number of nitrogens with one attached hydrogen (secondary N) is 1. The van der Waals surface area contributed by atoms with Crippen molar-refractivity contribution in [3.8, 4) is 11.5 Å². The Bertz CT molecular complexity index is 1020. The number of thiophene rings is 1. The van der Waals surface area contributed by atoms with E-state index in [-0.39, 0.29) is 24.1 Å². The molecule has 3 aromatic rings. The Balaban J connectivity index is 0.00000168. The maximum absolute atomic E-state index is 13.0. The van der Waals surface area contributed by atoms with Crippen LogP contribution in [0, 0.1) is 0 Å². The van der Waals surface area contributed by atoms with Gasteiger partial charge in [-0.3, -0.25) is 9.36 Å². The van der Waals surface area contributed by atoms with Gasteiger partial charge in [0.2, 0.25) is 0 Å². The van der Waals surface area contributed by atoms with Crippen molar-refractivity contribution < 1.29 is 9.47 Å². The van der Waals surface area contributed by atoms with Crippen LogP contribution in [0.1, 0.15) is 10.4 Å². The second-order valence-corrected chi connectivity index (χ2v) is 7.39. The molecule has 6 nitrogen and oxygen atoms in total. The second kappa shape index (κ2) is 6.90. The summed E-state index contributed by atoms with van der Waals surface area (Å²) < 4.78 is 13.4. The molecule has 136 valence electrons. The van der Waals surface area contributed by atoms with Crippen molar-refractivity contribution in [3.63, 3.8) is 0 Å². The largest absolute Gasteiger partial charge is 0.486 e. The van der Waals surface area contributed by atoms with Crippen LogP contribution in [-0.2, 0) is 19.5 Å². The minimum absolute atomic E-state index is 0. The van der Waals surface area contributed by atoms with Gasteiger partial charge >= 0.3 is 0 Å². The quantitative estimate of drug-likeness (QED) is 0.726. The summed E-state index contributed by atoms with van der Waals surface area (Å²) in [6.07, 6.45) is 2.30. The summed E-state index contributed by atoms with van der Waals surface area (Å²) >= 11 is 1.62. The first-order chi connectivity index (χ1) is 12.3. The van der Waals surface area contributed by atoms with E-state index < -0.39 is 0 Å². The molecule has 1 unspecified atom stereocenters. The van der Waals surface area contributed by atoms with Crippen LogP contribution >= 0.6 is 23.7 Å². The van der Waals surface area contributed by atoms with Crippen LogP contribution in [0.15, 0.2) is 35.4 Å². The van der Waals surface area contributed by atoms with Gasteiger partial charge in [0.05, 0.1) is 18.3 Å². The maximum Gasteiger partial charge on any atom is 0.262 e. The third kappa shape index (κ3) is 2.86. The SMILES string of the molecule is Cl.O=c1c2c3c(sc2ncn1CC1COc2ccccc2O1)CNCC3. The summed E-state index contributed by atoms with van der Waals surface area (Å²) in [6, 6.07) is 7.60.